The van der Waals surface area contributed by atoms with Crippen LogP contribution < -0.4 is 15.2 Å². The molecule has 31 heavy (non-hydrogen) atoms. The Hall–Kier alpha value is -3.78. The topological polar surface area (TPSA) is 99.2 Å². The molecule has 2 aromatic carbocycles. The lowest BCUT2D eigenvalue weighted by atomic mass is 9.98. The number of nitrogens with zero attached hydrogens (tertiary/aromatic N) is 3. The maximum Gasteiger partial charge on any atom is 0.335 e. The number of aryl methyl sites for hydroxylation is 1. The first-order chi connectivity index (χ1) is 14.8. The highest BCUT2D eigenvalue weighted by atomic mass is 35.5. The Morgan fingerprint density at radius 1 is 1.00 bits per heavy atom. The molecule has 0 spiro atoms. The van der Waals surface area contributed by atoms with E-state index in [1.807, 2.05) is 6.07 Å². The third-order valence-electron chi connectivity index (χ3n) is 5.03. The third-order valence-corrected chi connectivity index (χ3v) is 5.44. The summed E-state index contributed by atoms with van der Waals surface area (Å²) in [6.45, 7) is 3.42. The van der Waals surface area contributed by atoms with E-state index in [4.69, 9.17) is 11.6 Å². The predicted octanol–water partition coefficient (Wildman–Crippen LogP) is 3.20. The van der Waals surface area contributed by atoms with Crippen molar-refractivity contribution in [2.75, 3.05) is 9.91 Å². The highest BCUT2D eigenvalue weighted by Gasteiger charge is 2.40. The number of imide groups is 2. The van der Waals surface area contributed by atoms with Crippen LogP contribution in [0.1, 0.15) is 12.5 Å². The first-order valence-electron chi connectivity index (χ1n) is 9.40. The molecule has 1 N–H and O–H groups in total. The van der Waals surface area contributed by atoms with Crippen molar-refractivity contribution in [3.05, 3.63) is 70.8 Å². The number of halogens is 1. The summed E-state index contributed by atoms with van der Waals surface area (Å²) in [6, 6.07) is 12.6. The van der Waals surface area contributed by atoms with Crippen LogP contribution in [0.3, 0.4) is 0 Å². The first-order valence-corrected chi connectivity index (χ1v) is 9.77. The van der Waals surface area contributed by atoms with E-state index in [0.717, 1.165) is 10.5 Å². The van der Waals surface area contributed by atoms with Crippen molar-refractivity contribution in [1.82, 2.24) is 5.32 Å². The SMILES string of the molecule is CC1=NN(c2ccccc2)C(=O)C1/C=C1/C(=O)NC(=O)N(c2ccc(C)c(Cl)c2)C1=O. The molecule has 0 aliphatic carbocycles. The fourth-order valence-electron chi connectivity index (χ4n) is 3.32. The van der Waals surface area contributed by atoms with Crippen molar-refractivity contribution in [3.8, 4) is 0 Å². The Kier molecular flexibility index (Phi) is 5.16. The van der Waals surface area contributed by atoms with E-state index in [1.54, 1.807) is 50.2 Å². The van der Waals surface area contributed by atoms with Crippen LogP contribution in [-0.2, 0) is 14.4 Å². The zero-order valence-electron chi connectivity index (χ0n) is 16.6. The summed E-state index contributed by atoms with van der Waals surface area (Å²) in [4.78, 5) is 51.6. The van der Waals surface area contributed by atoms with E-state index in [2.05, 4.69) is 10.4 Å². The average Bonchev–Trinajstić information content (AvgIpc) is 3.02. The molecule has 2 aromatic rings. The number of rotatable bonds is 3. The summed E-state index contributed by atoms with van der Waals surface area (Å²) < 4.78 is 0. The Labute approximate surface area is 182 Å². The largest absolute Gasteiger partial charge is 0.335 e. The molecule has 1 unspecified atom stereocenters. The molecule has 8 nitrogen and oxygen atoms in total. The van der Waals surface area contributed by atoms with Crippen LogP contribution >= 0.6 is 11.6 Å². The second-order valence-corrected chi connectivity index (χ2v) is 7.53. The van der Waals surface area contributed by atoms with Gasteiger partial charge in [-0.1, -0.05) is 35.9 Å². The van der Waals surface area contributed by atoms with Crippen LogP contribution in [0.2, 0.25) is 5.02 Å². The lowest BCUT2D eigenvalue weighted by Gasteiger charge is -2.27. The van der Waals surface area contributed by atoms with Crippen LogP contribution in [0.25, 0.3) is 0 Å². The summed E-state index contributed by atoms with van der Waals surface area (Å²) in [5, 5.41) is 8.00. The molecule has 1 fully saturated rings. The van der Waals surface area contributed by atoms with Gasteiger partial charge in [-0.3, -0.25) is 19.7 Å². The minimum atomic E-state index is -0.915. The van der Waals surface area contributed by atoms with Gasteiger partial charge < -0.3 is 0 Å². The minimum absolute atomic E-state index is 0.213. The second kappa shape index (κ2) is 7.81. The molecule has 0 radical (unpaired) electrons. The van der Waals surface area contributed by atoms with Crippen LogP contribution in [-0.4, -0.2) is 29.5 Å². The van der Waals surface area contributed by atoms with Gasteiger partial charge in [0.25, 0.3) is 17.7 Å². The molecule has 2 aliphatic heterocycles. The summed E-state index contributed by atoms with van der Waals surface area (Å²) in [5.41, 5.74) is 1.65. The number of para-hydroxylation sites is 1. The summed E-state index contributed by atoms with van der Waals surface area (Å²) in [6.07, 6.45) is 1.25. The number of nitrogens with one attached hydrogen (secondary N) is 1. The lowest BCUT2D eigenvalue weighted by Crippen LogP contribution is -2.54. The maximum atomic E-state index is 13.1. The molecule has 0 aromatic heterocycles. The first kappa shape index (κ1) is 20.5. The average molecular weight is 437 g/mol. The van der Waals surface area contributed by atoms with Gasteiger partial charge in [-0.2, -0.15) is 10.1 Å². The van der Waals surface area contributed by atoms with E-state index in [0.29, 0.717) is 16.4 Å². The van der Waals surface area contributed by atoms with Crippen molar-refractivity contribution in [2.45, 2.75) is 13.8 Å². The number of barbiturate groups is 1. The zero-order chi connectivity index (χ0) is 22.3. The van der Waals surface area contributed by atoms with Gasteiger partial charge in [-0.25, -0.2) is 9.69 Å². The highest BCUT2D eigenvalue weighted by Crippen LogP contribution is 2.29. The summed E-state index contributed by atoms with van der Waals surface area (Å²) >= 11 is 6.13. The third kappa shape index (κ3) is 3.62. The predicted molar refractivity (Wildman–Crippen MR) is 116 cm³/mol. The van der Waals surface area contributed by atoms with Gasteiger partial charge in [0.2, 0.25) is 0 Å². The van der Waals surface area contributed by atoms with Crippen LogP contribution in [0.5, 0.6) is 0 Å². The Morgan fingerprint density at radius 3 is 2.39 bits per heavy atom. The molecule has 1 saturated heterocycles. The fourth-order valence-corrected chi connectivity index (χ4v) is 3.50. The smallest absolute Gasteiger partial charge is 0.273 e. The zero-order valence-corrected chi connectivity index (χ0v) is 17.4. The van der Waals surface area contributed by atoms with Gasteiger partial charge in [0.05, 0.1) is 23.0 Å². The summed E-state index contributed by atoms with van der Waals surface area (Å²) in [5.74, 6) is -3.03. The molecule has 5 amide bonds. The number of amides is 5. The summed E-state index contributed by atoms with van der Waals surface area (Å²) in [7, 11) is 0. The van der Waals surface area contributed by atoms with Crippen LogP contribution in [0.4, 0.5) is 16.2 Å². The number of carbonyl (C=O) groups is 4. The molecule has 4 rings (SSSR count). The minimum Gasteiger partial charge on any atom is -0.273 e. The standard InChI is InChI=1S/C22H17ClN4O4/c1-12-8-9-15(10-18(12)23)26-20(29)17(19(28)24-22(26)31)11-16-13(2)25-27(21(16)30)14-6-4-3-5-7-14/h3-11,16H,1-2H3,(H,24,28,31)/b17-11-. The number of hydrogen-bond acceptors (Lipinski definition) is 5. The number of urea groups is 1. The normalized spacial score (nSPS) is 20.4. The van der Waals surface area contributed by atoms with Crippen molar-refractivity contribution in [3.63, 3.8) is 0 Å². The number of benzene rings is 2. The molecular formula is C22H17ClN4O4. The molecule has 1 atom stereocenters. The monoisotopic (exact) mass is 436 g/mol. The van der Waals surface area contributed by atoms with Crippen molar-refractivity contribution < 1.29 is 19.2 Å². The Morgan fingerprint density at radius 2 is 1.71 bits per heavy atom. The molecule has 9 heteroatoms. The van der Waals surface area contributed by atoms with Gasteiger partial charge >= 0.3 is 6.03 Å². The van der Waals surface area contributed by atoms with Crippen molar-refractivity contribution in [1.29, 1.82) is 0 Å². The van der Waals surface area contributed by atoms with Gasteiger partial charge in [0.15, 0.2) is 0 Å². The van der Waals surface area contributed by atoms with Gasteiger partial charge in [0.1, 0.15) is 5.57 Å². The van der Waals surface area contributed by atoms with Crippen LogP contribution in [0, 0.1) is 12.8 Å². The maximum absolute atomic E-state index is 13.1. The van der Waals surface area contributed by atoms with E-state index in [9.17, 15) is 19.2 Å². The molecular weight excluding hydrogens is 420 g/mol. The fraction of sp³-hybridized carbons (Fsp3) is 0.136. The van der Waals surface area contributed by atoms with Gasteiger partial charge in [-0.15, -0.1) is 0 Å². The van der Waals surface area contributed by atoms with Crippen molar-refractivity contribution >= 4 is 52.4 Å². The highest BCUT2D eigenvalue weighted by molar-refractivity contribution is 6.38. The molecule has 2 aliphatic rings. The van der Waals surface area contributed by atoms with Crippen molar-refractivity contribution in [2.24, 2.45) is 11.0 Å². The number of hydrogen-bond donors (Lipinski definition) is 1. The quantitative estimate of drug-likeness (QED) is 0.590. The van der Waals surface area contributed by atoms with Crippen LogP contribution in [0.15, 0.2) is 65.3 Å². The molecule has 0 bridgehead atoms. The lowest BCUT2D eigenvalue weighted by molar-refractivity contribution is -0.122. The van der Waals surface area contributed by atoms with E-state index >= 15 is 0 Å². The number of hydrazone groups is 1. The van der Waals surface area contributed by atoms with E-state index in [-0.39, 0.29) is 11.3 Å². The number of carbonyl (C=O) groups excluding carboxylic acids is 4. The molecule has 156 valence electrons. The second-order valence-electron chi connectivity index (χ2n) is 7.12. The number of anilines is 2. The van der Waals surface area contributed by atoms with E-state index < -0.39 is 29.7 Å². The van der Waals surface area contributed by atoms with Gasteiger partial charge in [0, 0.05) is 5.02 Å². The van der Waals surface area contributed by atoms with E-state index in [1.165, 1.54) is 17.2 Å². The Bertz CT molecular complexity index is 1190. The van der Waals surface area contributed by atoms with Gasteiger partial charge in [-0.05, 0) is 49.8 Å². The Balaban J connectivity index is 1.68. The molecule has 0 saturated carbocycles. The molecule has 2 heterocycles.